The molecule has 0 bridgehead atoms. The number of rotatable bonds is 59. The Kier molecular flexibility index (Phi) is 46.9. The van der Waals surface area contributed by atoms with Gasteiger partial charge in [-0.1, -0.05) is 125 Å². The van der Waals surface area contributed by atoms with Gasteiger partial charge in [0.05, 0.1) is 37.3 Å². The summed E-state index contributed by atoms with van der Waals surface area (Å²) in [6, 6.07) is 4.93. The number of carbonyl (C=O) groups is 16. The van der Waals surface area contributed by atoms with Gasteiger partial charge in [0.25, 0.3) is 5.91 Å². The minimum absolute atomic E-state index is 0.00250. The highest BCUT2D eigenvalue weighted by molar-refractivity contribution is 8.76. The Morgan fingerprint density at radius 2 is 1.33 bits per heavy atom. The number of ketones is 2. The third-order valence-corrected chi connectivity index (χ3v) is 23.3. The van der Waals surface area contributed by atoms with Gasteiger partial charge in [-0.05, 0) is 112 Å². The number of esters is 2. The number of piperidine rings is 1. The summed E-state index contributed by atoms with van der Waals surface area (Å²) < 4.78 is 17.5. The number of urea groups is 2. The van der Waals surface area contributed by atoms with E-state index in [1.54, 1.807) is 36.1 Å². The molecule has 36 nitrogen and oxygen atoms in total. The quantitative estimate of drug-likeness (QED) is 0.0120. The number of likely N-dealkylation sites (tertiary alicyclic amines) is 1. The Labute approximate surface area is 710 Å². The van der Waals surface area contributed by atoms with Crippen molar-refractivity contribution in [3.63, 3.8) is 0 Å². The topological polar surface area (TPSA) is 538 Å². The van der Waals surface area contributed by atoms with Crippen LogP contribution in [0.1, 0.15) is 202 Å². The number of amides is 9. The predicted molar refractivity (Wildman–Crippen MR) is 444 cm³/mol. The van der Waals surface area contributed by atoms with E-state index in [0.717, 1.165) is 78.0 Å². The molecule has 39 heteroatoms. The first-order valence-electron chi connectivity index (χ1n) is 40.4. The van der Waals surface area contributed by atoms with Crippen molar-refractivity contribution in [2.24, 2.45) is 29.6 Å². The number of benzene rings is 2. The van der Waals surface area contributed by atoms with Crippen LogP contribution in [-0.4, -0.2) is 241 Å². The van der Waals surface area contributed by atoms with Crippen molar-refractivity contribution >= 4 is 128 Å². The Balaban J connectivity index is 1.29. The molecular weight excluding hydrogens is 1620 g/mol. The van der Waals surface area contributed by atoms with Gasteiger partial charge in [-0.15, -0.1) is 11.3 Å². The fraction of sp³-hybridized carbons (Fsp3) is 0.617. The van der Waals surface area contributed by atoms with Crippen LogP contribution in [0.2, 0.25) is 0 Å². The molecule has 2 heterocycles. The van der Waals surface area contributed by atoms with Crippen LogP contribution < -0.4 is 42.5 Å². The first-order chi connectivity index (χ1) is 57.0. The first kappa shape index (κ1) is 102. The number of ether oxygens (including phenoxy) is 3. The van der Waals surface area contributed by atoms with Crippen molar-refractivity contribution in [1.82, 2.24) is 57.3 Å². The van der Waals surface area contributed by atoms with Crippen LogP contribution in [0.25, 0.3) is 0 Å². The lowest BCUT2D eigenvalue weighted by Crippen LogP contribution is -2.50. The summed E-state index contributed by atoms with van der Waals surface area (Å²) in [5.74, 6) is -16.7. The molecule has 11 atom stereocenters. The average Bonchev–Trinajstić information content (AvgIpc) is 0.864. The molecule has 0 radical (unpaired) electrons. The van der Waals surface area contributed by atoms with Crippen LogP contribution in [-0.2, 0) is 95.9 Å². The standard InChI is InChI=1S/C81H119N11O25S3/c1-9-11-16-32-115-47-92(77(108)58(49(5)10-2)40-66(96)63-19-13-15-31-91(63)8)64(48(3)4)42-67(117-51(7)93)76-89-61(45-118-76)75(107)86-56(36-52-25-27-57(94)28-26-52)35-50(6)73(105)84-44-72(104)116-33-34-119-120-46-62(79(111)112)88-74(106)55(39-70(100)101)38-65(95)60(41-71(102)103)87-68(97)37-53-21-23-54(24-22-53)43-85-80(113)82-29-14-12-18-59(78(109)110)90-81(114)83-30-17-20-69(98)99/h21-28,45,48-50,55-56,58-60,62-64,67,94H,9-20,29-44,46-47H2,1-8H3,(H,84,105)(H,86,107)(H,87,97)(H,88,106)(H,98,99)(H,100,101)(H,102,103)(H,109,110)(H,111,112)(H2,82,85,113)(H2,83,90,114)/t49?,50-,55-,56+,58-,59-,60-,62-,63?,64+,67+/m0/s1. The number of hydrogen-bond acceptors (Lipinski definition) is 25. The van der Waals surface area contributed by atoms with Gasteiger partial charge in [-0.25, -0.2) is 24.2 Å². The highest BCUT2D eigenvalue weighted by Gasteiger charge is 2.40. The number of carbonyl (C=O) groups excluding carboxylic acids is 11. The molecule has 1 aromatic heterocycles. The minimum Gasteiger partial charge on any atom is -0.508 e. The zero-order valence-electron chi connectivity index (χ0n) is 69.3. The molecule has 4 rings (SSSR count). The summed E-state index contributed by atoms with van der Waals surface area (Å²) in [4.78, 5) is 215. The number of phenolic OH excluding ortho intramolecular Hbond substituents is 1. The van der Waals surface area contributed by atoms with Crippen LogP contribution in [0, 0.1) is 29.6 Å². The lowest BCUT2D eigenvalue weighted by molar-refractivity contribution is -0.155. The molecule has 14 N–H and O–H groups in total. The summed E-state index contributed by atoms with van der Waals surface area (Å²) in [6.07, 6.45) is 2.75. The van der Waals surface area contributed by atoms with E-state index in [2.05, 4.69) is 54.4 Å². The summed E-state index contributed by atoms with van der Waals surface area (Å²) in [5.41, 5.74) is 1.66. The summed E-state index contributed by atoms with van der Waals surface area (Å²) in [5, 5.41) is 79.5. The molecule has 0 spiro atoms. The molecule has 1 aliphatic heterocycles. The van der Waals surface area contributed by atoms with E-state index < -0.39 is 163 Å². The summed E-state index contributed by atoms with van der Waals surface area (Å²) in [6.45, 7) is 13.4. The van der Waals surface area contributed by atoms with Crippen LogP contribution in [0.15, 0.2) is 53.9 Å². The molecule has 120 heavy (non-hydrogen) atoms. The third-order valence-electron chi connectivity index (χ3n) is 20.0. The van der Waals surface area contributed by atoms with Gasteiger partial charge < -0.3 is 92.3 Å². The van der Waals surface area contributed by atoms with E-state index >= 15 is 4.79 Å². The second-order valence-electron chi connectivity index (χ2n) is 30.1. The maximum atomic E-state index is 15.1. The van der Waals surface area contributed by atoms with Crippen molar-refractivity contribution < 1.29 is 122 Å². The zero-order chi connectivity index (χ0) is 89.0. The molecule has 666 valence electrons. The predicted octanol–water partition coefficient (Wildman–Crippen LogP) is 6.78. The normalized spacial score (nSPS) is 15.2. The highest BCUT2D eigenvalue weighted by atomic mass is 33.1. The molecule has 9 amide bonds. The molecule has 1 saturated heterocycles. The van der Waals surface area contributed by atoms with Crippen molar-refractivity contribution in [2.75, 3.05) is 64.7 Å². The molecule has 2 unspecified atom stereocenters. The number of unbranched alkanes of at least 4 members (excludes halogenated alkanes) is 3. The largest absolute Gasteiger partial charge is 0.508 e. The number of aromatic nitrogens is 1. The van der Waals surface area contributed by atoms with Crippen LogP contribution in [0.5, 0.6) is 5.75 Å². The maximum Gasteiger partial charge on any atom is 0.327 e. The number of carboxylic acid groups (broad SMARTS) is 5. The van der Waals surface area contributed by atoms with Crippen molar-refractivity contribution in [2.45, 2.75) is 226 Å². The molecule has 1 aliphatic rings. The number of thiazole rings is 1. The Hall–Kier alpha value is -9.99. The number of nitrogens with one attached hydrogen (secondary N) is 8. The van der Waals surface area contributed by atoms with E-state index in [1.165, 1.54) is 36.6 Å². The molecule has 0 aliphatic carbocycles. The highest BCUT2D eigenvalue weighted by Crippen LogP contribution is 2.34. The second kappa shape index (κ2) is 55.0. The number of nitrogens with zero attached hydrogens (tertiary/aromatic N) is 3. The van der Waals surface area contributed by atoms with Crippen molar-refractivity contribution in [1.29, 1.82) is 0 Å². The van der Waals surface area contributed by atoms with E-state index in [4.69, 9.17) is 24.3 Å². The number of Topliss-reactive ketones (excluding diaryl/α,β-unsaturated/α-hetero) is 2. The maximum absolute atomic E-state index is 15.1. The van der Waals surface area contributed by atoms with Crippen LogP contribution in [0.4, 0.5) is 9.59 Å². The molecule has 2 aromatic carbocycles. The fourth-order valence-electron chi connectivity index (χ4n) is 13.1. The second-order valence-corrected chi connectivity index (χ2v) is 33.6. The number of hydrogen-bond donors (Lipinski definition) is 14. The van der Waals surface area contributed by atoms with E-state index in [-0.39, 0.29) is 142 Å². The van der Waals surface area contributed by atoms with Crippen molar-refractivity contribution in [3.05, 3.63) is 81.3 Å². The number of aliphatic carboxylic acids is 5. The van der Waals surface area contributed by atoms with Gasteiger partial charge in [0, 0.05) is 99.7 Å². The van der Waals surface area contributed by atoms with Crippen LogP contribution in [0.3, 0.4) is 0 Å². The monoisotopic (exact) mass is 1740 g/mol. The SMILES string of the molecule is CCCCCOCN(C(=O)[C@@H](CC(=O)C1CCCCN1C)C(C)CC)[C@H](C[C@@H](OC(C)=O)c1nc(C(=O)N[C@@H](Cc2ccc(O)cc2)C[C@H](C)C(=O)NCC(=O)OCCSSC[C@H](NC(=O)[C@H](CC(=O)O)CC(=O)[C@H](CC(=O)O)NC(=O)Cc2ccc(CNC(=O)NCCCC[C@H](NC(=O)NCCCC(=O)O)C(=O)O)cc2)C(=O)O)cs1)C(C)C. The zero-order valence-corrected chi connectivity index (χ0v) is 71.8. The smallest absolute Gasteiger partial charge is 0.327 e. The van der Waals surface area contributed by atoms with E-state index in [0.29, 0.717) is 42.6 Å². The molecule has 3 aromatic rings. The number of likely N-dealkylation sites (N-methyl/N-ethyl adjacent to an activating group) is 1. The lowest BCUT2D eigenvalue weighted by atomic mass is 9.82. The number of carboxylic acids is 5. The summed E-state index contributed by atoms with van der Waals surface area (Å²) >= 11 is 1.08. The van der Waals surface area contributed by atoms with Gasteiger partial charge >= 0.3 is 53.8 Å². The van der Waals surface area contributed by atoms with Crippen molar-refractivity contribution in [3.8, 4) is 5.75 Å². The Morgan fingerprint density at radius 3 is 1.97 bits per heavy atom. The number of phenols is 1. The van der Waals surface area contributed by atoms with E-state index in [1.807, 2.05) is 34.7 Å². The Bertz CT molecular complexity index is 3870. The fourth-order valence-corrected chi connectivity index (χ4v) is 16.0. The lowest BCUT2D eigenvalue weighted by Gasteiger charge is -2.39. The van der Waals surface area contributed by atoms with Gasteiger partial charge in [-0.3, -0.25) is 62.4 Å². The average molecular weight is 1740 g/mol. The Morgan fingerprint density at radius 1 is 0.667 bits per heavy atom. The van der Waals surface area contributed by atoms with Gasteiger partial charge in [0.2, 0.25) is 23.6 Å². The third kappa shape index (κ3) is 39.5. The minimum atomic E-state index is -1.75. The first-order valence-corrected chi connectivity index (χ1v) is 43.7. The molecule has 0 saturated carbocycles. The van der Waals surface area contributed by atoms with Gasteiger partial charge in [0.15, 0.2) is 17.7 Å². The van der Waals surface area contributed by atoms with Crippen LogP contribution >= 0.6 is 32.9 Å². The molecule has 1 fully saturated rings. The van der Waals surface area contributed by atoms with Gasteiger partial charge in [0.1, 0.15) is 48.4 Å². The van der Waals surface area contributed by atoms with E-state index in [9.17, 15) is 97.5 Å². The van der Waals surface area contributed by atoms with Gasteiger partial charge in [-0.2, -0.15) is 0 Å². The molecular formula is C81H119N11O25S3. The summed E-state index contributed by atoms with van der Waals surface area (Å²) in [7, 11) is 3.91. The number of aromatic hydroxyl groups is 1.